The van der Waals surface area contributed by atoms with E-state index in [4.69, 9.17) is 0 Å². The van der Waals surface area contributed by atoms with Crippen LogP contribution in [0.15, 0.2) is 67.1 Å². The second kappa shape index (κ2) is 7.37. The van der Waals surface area contributed by atoms with Crippen molar-refractivity contribution in [3.63, 3.8) is 0 Å². The quantitative estimate of drug-likeness (QED) is 0.533. The van der Waals surface area contributed by atoms with E-state index in [2.05, 4.69) is 20.4 Å². The Kier molecular flexibility index (Phi) is 4.61. The van der Waals surface area contributed by atoms with Crippen molar-refractivity contribution in [1.82, 2.24) is 19.6 Å². The number of ketones is 1. The summed E-state index contributed by atoms with van der Waals surface area (Å²) in [5.41, 5.74) is 4.29. The number of pyridine rings is 1. The first-order valence-corrected chi connectivity index (χ1v) is 8.80. The van der Waals surface area contributed by atoms with Crippen molar-refractivity contribution in [1.29, 1.82) is 0 Å². The van der Waals surface area contributed by atoms with Gasteiger partial charge in [0.05, 0.1) is 6.20 Å². The minimum absolute atomic E-state index is 0.0400. The summed E-state index contributed by atoms with van der Waals surface area (Å²) < 4.78 is 1.79. The van der Waals surface area contributed by atoms with Crippen molar-refractivity contribution in [2.24, 2.45) is 0 Å². The predicted octanol–water partition coefficient (Wildman–Crippen LogP) is 3.65. The molecule has 0 radical (unpaired) electrons. The van der Waals surface area contributed by atoms with Gasteiger partial charge in [0, 0.05) is 42.2 Å². The molecule has 0 aliphatic carbocycles. The molecule has 4 aromatic rings. The molecule has 1 N–H and O–H groups in total. The van der Waals surface area contributed by atoms with Crippen molar-refractivity contribution in [2.45, 2.75) is 13.3 Å². The van der Waals surface area contributed by atoms with Crippen molar-refractivity contribution in [2.75, 3.05) is 11.9 Å². The third-order valence-corrected chi connectivity index (χ3v) is 4.39. The van der Waals surface area contributed by atoms with Crippen LogP contribution < -0.4 is 5.32 Å². The lowest BCUT2D eigenvalue weighted by Crippen LogP contribution is -2.09. The van der Waals surface area contributed by atoms with Crippen LogP contribution in [0.1, 0.15) is 23.0 Å². The lowest BCUT2D eigenvalue weighted by atomic mass is 10.0. The Labute approximate surface area is 156 Å². The predicted molar refractivity (Wildman–Crippen MR) is 105 cm³/mol. The van der Waals surface area contributed by atoms with E-state index in [1.54, 1.807) is 30.0 Å². The van der Waals surface area contributed by atoms with Gasteiger partial charge in [-0.25, -0.2) is 4.98 Å². The van der Waals surface area contributed by atoms with Crippen molar-refractivity contribution < 1.29 is 4.79 Å². The number of rotatable bonds is 6. The first-order valence-electron chi connectivity index (χ1n) is 8.80. The molecule has 4 rings (SSSR count). The van der Waals surface area contributed by atoms with Gasteiger partial charge >= 0.3 is 0 Å². The zero-order valence-electron chi connectivity index (χ0n) is 15.0. The van der Waals surface area contributed by atoms with Crippen LogP contribution in [0.2, 0.25) is 0 Å². The minimum Gasteiger partial charge on any atom is -0.370 e. The fourth-order valence-corrected chi connectivity index (χ4v) is 3.00. The summed E-state index contributed by atoms with van der Waals surface area (Å²) in [5, 5.41) is 7.88. The highest BCUT2D eigenvalue weighted by atomic mass is 16.1. The smallest absolute Gasteiger partial charge is 0.165 e. The Morgan fingerprint density at radius 2 is 2.00 bits per heavy atom. The van der Waals surface area contributed by atoms with Gasteiger partial charge in [-0.15, -0.1) is 0 Å². The van der Waals surface area contributed by atoms with Gasteiger partial charge < -0.3 is 5.32 Å². The molecular weight excluding hydrogens is 338 g/mol. The lowest BCUT2D eigenvalue weighted by Gasteiger charge is -2.08. The summed E-state index contributed by atoms with van der Waals surface area (Å²) in [6, 6.07) is 15.3. The van der Waals surface area contributed by atoms with Gasteiger partial charge in [0.1, 0.15) is 5.82 Å². The first kappa shape index (κ1) is 16.9. The van der Waals surface area contributed by atoms with E-state index in [0.717, 1.165) is 41.3 Å². The Morgan fingerprint density at radius 1 is 1.07 bits per heavy atom. The molecule has 0 aliphatic heterocycles. The van der Waals surface area contributed by atoms with E-state index >= 15 is 0 Å². The maximum Gasteiger partial charge on any atom is 0.165 e. The van der Waals surface area contributed by atoms with Crippen LogP contribution in [-0.4, -0.2) is 31.9 Å². The number of hydrogen-bond donors (Lipinski definition) is 1. The van der Waals surface area contributed by atoms with E-state index in [-0.39, 0.29) is 5.78 Å². The number of fused-ring (bicyclic) bond motifs is 1. The second-order valence-corrected chi connectivity index (χ2v) is 6.26. The topological polar surface area (TPSA) is 72.2 Å². The monoisotopic (exact) mass is 357 g/mol. The molecular formula is C21H19N5O. The van der Waals surface area contributed by atoms with Gasteiger partial charge in [-0.3, -0.25) is 9.78 Å². The lowest BCUT2D eigenvalue weighted by molar-refractivity contribution is 0.101. The van der Waals surface area contributed by atoms with E-state index in [9.17, 15) is 4.79 Å². The normalized spacial score (nSPS) is 10.9. The molecule has 0 fully saturated rings. The molecule has 0 aliphatic rings. The molecule has 6 nitrogen and oxygen atoms in total. The molecule has 27 heavy (non-hydrogen) atoms. The standard InChI is InChI=1S/C21H19N5O/c1-15(27)16-5-4-6-17(13-16)19-14-25-26-20(9-12-24-21(19)26)23-11-8-18-7-2-3-10-22-18/h2-7,9-10,12-14,23H,8,11H2,1H3. The third kappa shape index (κ3) is 3.55. The molecule has 0 saturated carbocycles. The van der Waals surface area contributed by atoms with Crippen LogP contribution in [0.3, 0.4) is 0 Å². The van der Waals surface area contributed by atoms with E-state index in [0.29, 0.717) is 5.56 Å². The summed E-state index contributed by atoms with van der Waals surface area (Å²) in [4.78, 5) is 20.5. The van der Waals surface area contributed by atoms with Crippen LogP contribution in [0.25, 0.3) is 16.8 Å². The molecule has 3 aromatic heterocycles. The van der Waals surface area contributed by atoms with Crippen LogP contribution in [-0.2, 0) is 6.42 Å². The summed E-state index contributed by atoms with van der Waals surface area (Å²) >= 11 is 0. The Balaban J connectivity index is 1.60. The van der Waals surface area contributed by atoms with Gasteiger partial charge in [-0.2, -0.15) is 9.61 Å². The highest BCUT2D eigenvalue weighted by molar-refractivity contribution is 5.95. The molecule has 6 heteroatoms. The number of carbonyl (C=O) groups is 1. The zero-order chi connectivity index (χ0) is 18.6. The maximum atomic E-state index is 11.7. The Bertz CT molecular complexity index is 1090. The van der Waals surface area contributed by atoms with Crippen molar-refractivity contribution in [3.05, 3.63) is 78.4 Å². The zero-order valence-corrected chi connectivity index (χ0v) is 15.0. The maximum absolute atomic E-state index is 11.7. The third-order valence-electron chi connectivity index (χ3n) is 4.39. The molecule has 1 aromatic carbocycles. The molecule has 0 saturated heterocycles. The number of benzene rings is 1. The number of Topliss-reactive ketones (excluding diaryl/α,β-unsaturated/α-hetero) is 1. The van der Waals surface area contributed by atoms with Crippen LogP contribution >= 0.6 is 0 Å². The molecule has 0 unspecified atom stereocenters. The summed E-state index contributed by atoms with van der Waals surface area (Å²) in [7, 11) is 0. The van der Waals surface area contributed by atoms with Crippen LogP contribution in [0, 0.1) is 0 Å². The van der Waals surface area contributed by atoms with E-state index in [1.807, 2.05) is 48.5 Å². The highest BCUT2D eigenvalue weighted by Gasteiger charge is 2.11. The van der Waals surface area contributed by atoms with Gasteiger partial charge in [-0.05, 0) is 36.8 Å². The number of carbonyl (C=O) groups excluding carboxylic acids is 1. The van der Waals surface area contributed by atoms with Gasteiger partial charge in [0.25, 0.3) is 0 Å². The fourth-order valence-electron chi connectivity index (χ4n) is 3.00. The largest absolute Gasteiger partial charge is 0.370 e. The van der Waals surface area contributed by atoms with Crippen molar-refractivity contribution in [3.8, 4) is 11.1 Å². The van der Waals surface area contributed by atoms with Gasteiger partial charge in [0.15, 0.2) is 11.4 Å². The number of anilines is 1. The minimum atomic E-state index is 0.0400. The van der Waals surface area contributed by atoms with Crippen LogP contribution in [0.5, 0.6) is 0 Å². The van der Waals surface area contributed by atoms with E-state index < -0.39 is 0 Å². The SMILES string of the molecule is CC(=O)c1cccc(-c2cnn3c(NCCc4ccccn4)ccnc23)c1. The molecule has 0 spiro atoms. The Hall–Kier alpha value is -3.54. The summed E-state index contributed by atoms with van der Waals surface area (Å²) in [5.74, 6) is 0.906. The van der Waals surface area contributed by atoms with Crippen molar-refractivity contribution >= 4 is 17.2 Å². The van der Waals surface area contributed by atoms with Gasteiger partial charge in [-0.1, -0.05) is 24.3 Å². The summed E-state index contributed by atoms with van der Waals surface area (Å²) in [6.07, 6.45) is 6.16. The van der Waals surface area contributed by atoms with Crippen LogP contribution in [0.4, 0.5) is 5.82 Å². The number of aromatic nitrogens is 4. The van der Waals surface area contributed by atoms with E-state index in [1.165, 1.54) is 0 Å². The number of hydrogen-bond acceptors (Lipinski definition) is 5. The molecule has 3 heterocycles. The molecule has 0 bridgehead atoms. The number of nitrogens with zero attached hydrogens (tertiary/aromatic N) is 4. The Morgan fingerprint density at radius 3 is 2.81 bits per heavy atom. The average molecular weight is 357 g/mol. The van der Waals surface area contributed by atoms with Gasteiger partial charge in [0.2, 0.25) is 0 Å². The molecule has 134 valence electrons. The summed E-state index contributed by atoms with van der Waals surface area (Å²) in [6.45, 7) is 2.31. The molecule has 0 amide bonds. The highest BCUT2D eigenvalue weighted by Crippen LogP contribution is 2.25. The fraction of sp³-hybridized carbons (Fsp3) is 0.143. The first-order chi connectivity index (χ1) is 13.2. The average Bonchev–Trinajstić information content (AvgIpc) is 3.14. The number of nitrogens with one attached hydrogen (secondary N) is 1. The second-order valence-electron chi connectivity index (χ2n) is 6.26. The molecule has 0 atom stereocenters.